The molecular weight excluding hydrogens is 270 g/mol. The molecule has 1 aromatic heterocycles. The van der Waals surface area contributed by atoms with Crippen molar-refractivity contribution in [2.24, 2.45) is 7.05 Å². The quantitative estimate of drug-likeness (QED) is 0.606. The third-order valence-electron chi connectivity index (χ3n) is 3.45. The Morgan fingerprint density at radius 3 is 2.95 bits per heavy atom. The van der Waals surface area contributed by atoms with Crippen LogP contribution in [0.5, 0.6) is 0 Å². The summed E-state index contributed by atoms with van der Waals surface area (Å²) < 4.78 is 2.76. The molecule has 0 N–H and O–H groups in total. The van der Waals surface area contributed by atoms with Crippen molar-refractivity contribution < 1.29 is 0 Å². The Hall–Kier alpha value is -1.64. The van der Waals surface area contributed by atoms with E-state index in [0.29, 0.717) is 6.54 Å². The number of aromatic nitrogens is 1. The molecule has 2 aromatic rings. The Balaban J connectivity index is 1.91. The molecule has 0 radical (unpaired) electrons. The summed E-state index contributed by atoms with van der Waals surface area (Å²) >= 11 is 1.31. The fraction of sp³-hybridized carbons (Fsp3) is 0.467. The number of fused-ring (bicyclic) bond motifs is 1. The molecule has 0 amide bonds. The number of hydrogen-bond acceptors (Lipinski definition) is 4. The van der Waals surface area contributed by atoms with Gasteiger partial charge in [0.15, 0.2) is 0 Å². The van der Waals surface area contributed by atoms with Crippen molar-refractivity contribution in [2.45, 2.75) is 19.3 Å². The van der Waals surface area contributed by atoms with Gasteiger partial charge in [-0.3, -0.25) is 9.69 Å². The molecule has 1 heterocycles. The van der Waals surface area contributed by atoms with E-state index < -0.39 is 0 Å². The first-order chi connectivity index (χ1) is 9.61. The fourth-order valence-electron chi connectivity index (χ4n) is 2.24. The van der Waals surface area contributed by atoms with Crippen molar-refractivity contribution in [1.82, 2.24) is 9.47 Å². The SMILES string of the molecule is CN(CC#N)CCCCc1ccc2c(c1)sc(=O)n2C. The van der Waals surface area contributed by atoms with Crippen LogP contribution in [0.1, 0.15) is 18.4 Å². The van der Waals surface area contributed by atoms with Crippen molar-refractivity contribution in [2.75, 3.05) is 20.1 Å². The van der Waals surface area contributed by atoms with Crippen LogP contribution in [0.15, 0.2) is 23.0 Å². The maximum Gasteiger partial charge on any atom is 0.307 e. The molecule has 0 spiro atoms. The van der Waals surface area contributed by atoms with E-state index in [2.05, 4.69) is 18.2 Å². The molecule has 0 aliphatic rings. The predicted octanol–water partition coefficient (Wildman–Crippen LogP) is 2.38. The van der Waals surface area contributed by atoms with E-state index in [1.54, 1.807) is 4.57 Å². The van der Waals surface area contributed by atoms with Gasteiger partial charge in [-0.15, -0.1) is 0 Å². The minimum absolute atomic E-state index is 0.0929. The highest BCUT2D eigenvalue weighted by molar-refractivity contribution is 7.16. The van der Waals surface area contributed by atoms with Crippen molar-refractivity contribution in [3.63, 3.8) is 0 Å². The second-order valence-corrected chi connectivity index (χ2v) is 6.08. The van der Waals surface area contributed by atoms with E-state index in [0.717, 1.165) is 36.0 Å². The van der Waals surface area contributed by atoms with Gasteiger partial charge in [-0.1, -0.05) is 17.4 Å². The zero-order valence-electron chi connectivity index (χ0n) is 11.9. The number of nitrogens with zero attached hydrogens (tertiary/aromatic N) is 3. The smallest absolute Gasteiger partial charge is 0.302 e. The molecule has 0 bridgehead atoms. The third kappa shape index (κ3) is 3.47. The molecular formula is C15H19N3OS. The number of unbranched alkanes of at least 4 members (excludes halogenated alkanes) is 1. The average Bonchev–Trinajstić information content (AvgIpc) is 2.70. The summed E-state index contributed by atoms with van der Waals surface area (Å²) in [6.07, 6.45) is 3.20. The molecule has 0 aliphatic carbocycles. The summed E-state index contributed by atoms with van der Waals surface area (Å²) in [6.45, 7) is 1.44. The lowest BCUT2D eigenvalue weighted by Crippen LogP contribution is -2.19. The van der Waals surface area contributed by atoms with Gasteiger partial charge in [0.1, 0.15) is 0 Å². The van der Waals surface area contributed by atoms with Crippen LogP contribution in [-0.4, -0.2) is 29.6 Å². The molecule has 1 aromatic carbocycles. The van der Waals surface area contributed by atoms with Gasteiger partial charge in [0.2, 0.25) is 0 Å². The van der Waals surface area contributed by atoms with E-state index in [-0.39, 0.29) is 4.87 Å². The summed E-state index contributed by atoms with van der Waals surface area (Å²) in [6, 6.07) is 8.41. The van der Waals surface area contributed by atoms with Crippen LogP contribution < -0.4 is 4.87 Å². The minimum atomic E-state index is 0.0929. The number of benzene rings is 1. The van der Waals surface area contributed by atoms with Gasteiger partial charge >= 0.3 is 4.87 Å². The minimum Gasteiger partial charge on any atom is -0.302 e. The van der Waals surface area contributed by atoms with E-state index >= 15 is 0 Å². The van der Waals surface area contributed by atoms with Gasteiger partial charge in [-0.2, -0.15) is 5.26 Å². The number of nitriles is 1. The first kappa shape index (κ1) is 14.8. The molecule has 2 rings (SSSR count). The van der Waals surface area contributed by atoms with Crippen molar-refractivity contribution in [3.05, 3.63) is 33.4 Å². The van der Waals surface area contributed by atoms with Gasteiger partial charge < -0.3 is 4.57 Å². The number of aryl methyl sites for hydroxylation is 2. The van der Waals surface area contributed by atoms with Crippen LogP contribution in [0.25, 0.3) is 10.2 Å². The molecule has 20 heavy (non-hydrogen) atoms. The van der Waals surface area contributed by atoms with Gasteiger partial charge in [-0.05, 0) is 50.6 Å². The number of hydrogen-bond donors (Lipinski definition) is 0. The van der Waals surface area contributed by atoms with Crippen LogP contribution in [0.2, 0.25) is 0 Å². The summed E-state index contributed by atoms with van der Waals surface area (Å²) in [7, 11) is 3.78. The summed E-state index contributed by atoms with van der Waals surface area (Å²) in [5, 5.41) is 8.58. The highest BCUT2D eigenvalue weighted by Gasteiger charge is 2.05. The Morgan fingerprint density at radius 2 is 2.20 bits per heavy atom. The molecule has 0 unspecified atom stereocenters. The summed E-state index contributed by atoms with van der Waals surface area (Å²) in [4.78, 5) is 13.7. The molecule has 4 nitrogen and oxygen atoms in total. The Kier molecular flexibility index (Phi) is 4.94. The Morgan fingerprint density at radius 1 is 1.40 bits per heavy atom. The second-order valence-electron chi connectivity index (χ2n) is 5.08. The van der Waals surface area contributed by atoms with E-state index in [9.17, 15) is 4.79 Å². The number of thiazole rings is 1. The van der Waals surface area contributed by atoms with Crippen molar-refractivity contribution in [3.8, 4) is 6.07 Å². The van der Waals surface area contributed by atoms with Crippen LogP contribution in [0, 0.1) is 11.3 Å². The van der Waals surface area contributed by atoms with Gasteiger partial charge in [0.25, 0.3) is 0 Å². The van der Waals surface area contributed by atoms with Crippen LogP contribution in [0.4, 0.5) is 0 Å². The zero-order valence-corrected chi connectivity index (χ0v) is 12.7. The Bertz CT molecular complexity index is 680. The van der Waals surface area contributed by atoms with Crippen LogP contribution in [-0.2, 0) is 13.5 Å². The summed E-state index contributed by atoms with van der Waals surface area (Å²) in [5.74, 6) is 0. The zero-order chi connectivity index (χ0) is 14.5. The molecule has 0 saturated heterocycles. The van der Waals surface area contributed by atoms with E-state index in [4.69, 9.17) is 5.26 Å². The van der Waals surface area contributed by atoms with Gasteiger partial charge in [0.05, 0.1) is 22.8 Å². The van der Waals surface area contributed by atoms with Crippen molar-refractivity contribution in [1.29, 1.82) is 5.26 Å². The lowest BCUT2D eigenvalue weighted by molar-refractivity contribution is 0.363. The third-order valence-corrected chi connectivity index (χ3v) is 4.45. The summed E-state index contributed by atoms with van der Waals surface area (Å²) in [5.41, 5.74) is 2.29. The molecule has 0 fully saturated rings. The largest absolute Gasteiger partial charge is 0.307 e. The highest BCUT2D eigenvalue weighted by Crippen LogP contribution is 2.19. The first-order valence-electron chi connectivity index (χ1n) is 6.76. The topological polar surface area (TPSA) is 49.0 Å². The first-order valence-corrected chi connectivity index (χ1v) is 7.57. The number of rotatable bonds is 6. The molecule has 5 heteroatoms. The lowest BCUT2D eigenvalue weighted by atomic mass is 10.1. The van der Waals surface area contributed by atoms with Crippen LogP contribution in [0.3, 0.4) is 0 Å². The average molecular weight is 289 g/mol. The van der Waals surface area contributed by atoms with Gasteiger partial charge in [-0.25, -0.2) is 0 Å². The van der Waals surface area contributed by atoms with Gasteiger partial charge in [0, 0.05) is 7.05 Å². The normalized spacial score (nSPS) is 11.1. The van der Waals surface area contributed by atoms with E-state index in [1.165, 1.54) is 16.9 Å². The Labute approximate surface area is 122 Å². The lowest BCUT2D eigenvalue weighted by Gasteiger charge is -2.11. The molecule has 0 aliphatic heterocycles. The standard InChI is InChI=1S/C15H19N3OS/c1-17(10-8-16)9-4-3-5-12-6-7-13-14(11-12)20-15(19)18(13)2/h6-7,11H,3-5,9-10H2,1-2H3. The predicted molar refractivity (Wildman–Crippen MR) is 83.1 cm³/mol. The van der Waals surface area contributed by atoms with E-state index in [1.807, 2.05) is 25.1 Å². The van der Waals surface area contributed by atoms with Crippen molar-refractivity contribution >= 4 is 21.6 Å². The molecule has 106 valence electrons. The second kappa shape index (κ2) is 6.69. The maximum absolute atomic E-state index is 11.6. The monoisotopic (exact) mass is 289 g/mol. The highest BCUT2D eigenvalue weighted by atomic mass is 32.1. The fourth-order valence-corrected chi connectivity index (χ4v) is 3.19. The molecule has 0 saturated carbocycles. The maximum atomic E-state index is 11.6. The molecule has 0 atom stereocenters. The van der Waals surface area contributed by atoms with Crippen LogP contribution >= 0.6 is 11.3 Å².